The second-order valence-corrected chi connectivity index (χ2v) is 9.47. The van der Waals surface area contributed by atoms with E-state index in [1.807, 2.05) is 11.3 Å². The van der Waals surface area contributed by atoms with Crippen molar-refractivity contribution in [1.29, 1.82) is 0 Å². The molecule has 2 aromatic carbocycles. The maximum atomic E-state index is 2.42. The Morgan fingerprint density at radius 2 is 1.58 bits per heavy atom. The number of pyridine rings is 1. The summed E-state index contributed by atoms with van der Waals surface area (Å²) in [6, 6.07) is 20.0. The normalized spacial score (nSPS) is 12.2. The van der Waals surface area contributed by atoms with E-state index >= 15 is 0 Å². The zero-order valence-corrected chi connectivity index (χ0v) is 17.1. The molecule has 2 heteroatoms. The first-order valence-electron chi connectivity index (χ1n) is 9.24. The van der Waals surface area contributed by atoms with Gasteiger partial charge in [-0.05, 0) is 47.4 Å². The van der Waals surface area contributed by atoms with Gasteiger partial charge in [-0.3, -0.25) is 0 Å². The van der Waals surface area contributed by atoms with Gasteiger partial charge in [0.15, 0.2) is 0 Å². The molecule has 0 atom stereocenters. The summed E-state index contributed by atoms with van der Waals surface area (Å²) >= 11 is 1.91. The average molecular weight is 361 g/mol. The summed E-state index contributed by atoms with van der Waals surface area (Å²) in [5.41, 5.74) is 5.72. The van der Waals surface area contributed by atoms with Crippen molar-refractivity contribution in [3.05, 3.63) is 65.7 Å². The van der Waals surface area contributed by atoms with Crippen LogP contribution in [0.1, 0.15) is 31.9 Å². The molecule has 0 fully saturated rings. The highest BCUT2D eigenvalue weighted by Crippen LogP contribution is 2.38. The molecule has 1 nitrogen and oxygen atoms in total. The number of nitrogens with zero attached hydrogens (tertiary/aromatic N) is 1. The summed E-state index contributed by atoms with van der Waals surface area (Å²) in [6.07, 6.45) is 1.07. The molecule has 2 aromatic heterocycles. The third-order valence-electron chi connectivity index (χ3n) is 5.08. The molecule has 0 N–H and O–H groups in total. The third-order valence-corrected chi connectivity index (χ3v) is 6.38. The number of aryl methyl sites for hydroxylation is 2. The van der Waals surface area contributed by atoms with Crippen LogP contribution in [0.5, 0.6) is 0 Å². The lowest BCUT2D eigenvalue weighted by atomic mass is 9.86. The van der Waals surface area contributed by atoms with Gasteiger partial charge < -0.3 is 0 Å². The van der Waals surface area contributed by atoms with Crippen molar-refractivity contribution in [3.63, 3.8) is 0 Å². The van der Waals surface area contributed by atoms with Crippen molar-refractivity contribution in [3.8, 4) is 10.6 Å². The predicted octanol–water partition coefficient (Wildman–Crippen LogP) is 6.44. The SMILES string of the molecule is Cc1c(-c2cc(CC(C)(C)C)c3ccccc3[n+]2C)sc2ccccc12. The molecule has 0 saturated carbocycles. The molecule has 0 aliphatic rings. The molecule has 0 aliphatic heterocycles. The number of para-hydroxylation sites is 1. The van der Waals surface area contributed by atoms with Gasteiger partial charge in [-0.2, -0.15) is 4.57 Å². The standard InChI is InChI=1S/C24H26NS/c1-16-18-10-7-9-13-22(18)26-23(16)21-14-17(15-24(2,3)4)19-11-6-8-12-20(19)25(21)5/h6-14H,15H2,1-5H3/q+1. The molecule has 2 heterocycles. The number of hydrogen-bond donors (Lipinski definition) is 0. The molecular weight excluding hydrogens is 334 g/mol. The lowest BCUT2D eigenvalue weighted by Crippen LogP contribution is -2.32. The Labute approximate surface area is 159 Å². The van der Waals surface area contributed by atoms with Crippen molar-refractivity contribution in [2.24, 2.45) is 12.5 Å². The Bertz CT molecular complexity index is 1110. The Kier molecular flexibility index (Phi) is 4.11. The van der Waals surface area contributed by atoms with E-state index in [-0.39, 0.29) is 5.41 Å². The molecule has 0 bridgehead atoms. The molecule has 0 spiro atoms. The number of fused-ring (bicyclic) bond motifs is 2. The minimum Gasteiger partial charge on any atom is -0.193 e. The van der Waals surface area contributed by atoms with E-state index in [2.05, 4.69) is 93.9 Å². The minimum atomic E-state index is 0.259. The minimum absolute atomic E-state index is 0.259. The fourth-order valence-electron chi connectivity index (χ4n) is 3.86. The van der Waals surface area contributed by atoms with Crippen LogP contribution in [-0.4, -0.2) is 0 Å². The second kappa shape index (κ2) is 6.21. The third kappa shape index (κ3) is 2.93. The molecule has 4 aromatic rings. The topological polar surface area (TPSA) is 3.88 Å². The largest absolute Gasteiger partial charge is 0.223 e. The van der Waals surface area contributed by atoms with Gasteiger partial charge in [0.05, 0.1) is 0 Å². The molecule has 0 amide bonds. The highest BCUT2D eigenvalue weighted by molar-refractivity contribution is 7.22. The van der Waals surface area contributed by atoms with Crippen LogP contribution in [0.15, 0.2) is 54.6 Å². The maximum Gasteiger partial charge on any atom is 0.223 e. The van der Waals surface area contributed by atoms with E-state index in [4.69, 9.17) is 0 Å². The monoisotopic (exact) mass is 360 g/mol. The first-order chi connectivity index (χ1) is 12.3. The first-order valence-corrected chi connectivity index (χ1v) is 10.1. The van der Waals surface area contributed by atoms with Crippen LogP contribution in [0.25, 0.3) is 31.6 Å². The van der Waals surface area contributed by atoms with Crippen molar-refractivity contribution in [2.45, 2.75) is 34.1 Å². The molecule has 4 rings (SSSR count). The summed E-state index contributed by atoms with van der Waals surface area (Å²) in [7, 11) is 2.20. The molecule has 0 aliphatic carbocycles. The molecule has 0 saturated heterocycles. The Hall–Kier alpha value is -2.19. The second-order valence-electron chi connectivity index (χ2n) is 8.42. The smallest absolute Gasteiger partial charge is 0.193 e. The summed E-state index contributed by atoms with van der Waals surface area (Å²) in [4.78, 5) is 1.38. The van der Waals surface area contributed by atoms with Crippen molar-refractivity contribution >= 4 is 32.3 Å². The van der Waals surface area contributed by atoms with Gasteiger partial charge >= 0.3 is 0 Å². The zero-order chi connectivity index (χ0) is 18.5. The van der Waals surface area contributed by atoms with Crippen molar-refractivity contribution in [2.75, 3.05) is 0 Å². The zero-order valence-electron chi connectivity index (χ0n) is 16.3. The number of benzene rings is 2. The number of hydrogen-bond acceptors (Lipinski definition) is 1. The number of thiophene rings is 1. The van der Waals surface area contributed by atoms with E-state index < -0.39 is 0 Å². The first kappa shape index (κ1) is 17.2. The Morgan fingerprint density at radius 3 is 2.27 bits per heavy atom. The summed E-state index contributed by atoms with van der Waals surface area (Å²) in [5, 5.41) is 2.74. The van der Waals surface area contributed by atoms with E-state index in [1.54, 1.807) is 0 Å². The molecule has 0 unspecified atom stereocenters. The van der Waals surface area contributed by atoms with Crippen LogP contribution in [0.3, 0.4) is 0 Å². The highest BCUT2D eigenvalue weighted by Gasteiger charge is 2.24. The summed E-state index contributed by atoms with van der Waals surface area (Å²) < 4.78 is 3.73. The maximum absolute atomic E-state index is 2.42. The van der Waals surface area contributed by atoms with E-state index in [9.17, 15) is 0 Å². The lowest BCUT2D eigenvalue weighted by Gasteiger charge is -2.19. The molecular formula is C24H26NS+. The van der Waals surface area contributed by atoms with Gasteiger partial charge in [0, 0.05) is 22.2 Å². The van der Waals surface area contributed by atoms with Crippen LogP contribution in [0.2, 0.25) is 0 Å². The number of aromatic nitrogens is 1. The van der Waals surface area contributed by atoms with Crippen LogP contribution in [0, 0.1) is 12.3 Å². The Balaban J connectivity index is 2.03. The van der Waals surface area contributed by atoms with Crippen LogP contribution in [-0.2, 0) is 13.5 Å². The van der Waals surface area contributed by atoms with E-state index in [0.29, 0.717) is 0 Å². The van der Waals surface area contributed by atoms with Gasteiger partial charge in [-0.1, -0.05) is 51.1 Å². The van der Waals surface area contributed by atoms with Crippen LogP contribution >= 0.6 is 11.3 Å². The van der Waals surface area contributed by atoms with E-state index in [1.165, 1.54) is 42.7 Å². The lowest BCUT2D eigenvalue weighted by molar-refractivity contribution is -0.633. The molecule has 0 radical (unpaired) electrons. The van der Waals surface area contributed by atoms with Gasteiger partial charge in [0.2, 0.25) is 11.2 Å². The molecule has 26 heavy (non-hydrogen) atoms. The van der Waals surface area contributed by atoms with Crippen molar-refractivity contribution in [1.82, 2.24) is 0 Å². The van der Waals surface area contributed by atoms with E-state index in [0.717, 1.165) is 6.42 Å². The van der Waals surface area contributed by atoms with Crippen LogP contribution in [0.4, 0.5) is 0 Å². The van der Waals surface area contributed by atoms with Crippen molar-refractivity contribution < 1.29 is 4.57 Å². The average Bonchev–Trinajstić information content (AvgIpc) is 2.93. The fourth-order valence-corrected chi connectivity index (χ4v) is 5.12. The summed E-state index contributed by atoms with van der Waals surface area (Å²) in [5.74, 6) is 0. The van der Waals surface area contributed by atoms with Gasteiger partial charge in [-0.15, -0.1) is 11.3 Å². The van der Waals surface area contributed by atoms with Gasteiger partial charge in [-0.25, -0.2) is 0 Å². The Morgan fingerprint density at radius 1 is 0.923 bits per heavy atom. The van der Waals surface area contributed by atoms with Gasteiger partial charge in [0.25, 0.3) is 0 Å². The fraction of sp³-hybridized carbons (Fsp3) is 0.292. The summed E-state index contributed by atoms with van der Waals surface area (Å²) in [6.45, 7) is 9.21. The quantitative estimate of drug-likeness (QED) is 0.362. The highest BCUT2D eigenvalue weighted by atomic mass is 32.1. The van der Waals surface area contributed by atoms with Gasteiger partial charge in [0.1, 0.15) is 11.9 Å². The van der Waals surface area contributed by atoms with Crippen LogP contribution < -0.4 is 4.57 Å². The predicted molar refractivity (Wildman–Crippen MR) is 114 cm³/mol. The molecule has 132 valence electrons. The number of rotatable bonds is 2.